The van der Waals surface area contributed by atoms with E-state index in [4.69, 9.17) is 18.9 Å². The van der Waals surface area contributed by atoms with Crippen LogP contribution in [0.25, 0.3) is 0 Å². The molecule has 0 N–H and O–H groups in total. The molecule has 0 amide bonds. The summed E-state index contributed by atoms with van der Waals surface area (Å²) in [6, 6.07) is 0. The smallest absolute Gasteiger partial charge is 0.0539 e. The lowest BCUT2D eigenvalue weighted by Gasteiger charge is -2.35. The van der Waals surface area contributed by atoms with Gasteiger partial charge in [0.15, 0.2) is 0 Å². The first-order valence-electron chi connectivity index (χ1n) is 9.36. The predicted octanol–water partition coefficient (Wildman–Crippen LogP) is 3.39. The van der Waals surface area contributed by atoms with Crippen LogP contribution >= 0.6 is 0 Å². The first-order valence-corrected chi connectivity index (χ1v) is 9.36. The monoisotopic (exact) mass is 328 g/mol. The zero-order valence-electron chi connectivity index (χ0n) is 15.5. The van der Waals surface area contributed by atoms with E-state index in [0.29, 0.717) is 23.7 Å². The molecule has 0 bridgehead atoms. The molecule has 0 radical (unpaired) electrons. The molecule has 23 heavy (non-hydrogen) atoms. The summed E-state index contributed by atoms with van der Waals surface area (Å²) in [5.74, 6) is 2.69. The Morgan fingerprint density at radius 2 is 1.22 bits per heavy atom. The molecule has 136 valence electrons. The second kappa shape index (κ2) is 9.36. The first kappa shape index (κ1) is 19.2. The average Bonchev–Trinajstić information content (AvgIpc) is 2.40. The molecule has 2 unspecified atom stereocenters. The van der Waals surface area contributed by atoms with Gasteiger partial charge in [0.1, 0.15) is 0 Å². The summed E-state index contributed by atoms with van der Waals surface area (Å²) in [4.78, 5) is 0. The second-order valence-corrected chi connectivity index (χ2v) is 8.13. The molecule has 4 nitrogen and oxygen atoms in total. The standard InChI is InChI=1S/C19H36O4/c1-5-15(17-9-20-10-17)7-22-13-19(3,4)14-23-8-16(6-2)18-11-21-12-18/h15-18H,5-14H2,1-4H3. The molecule has 2 aliphatic rings. The quantitative estimate of drug-likeness (QED) is 0.550. The Morgan fingerprint density at radius 3 is 1.48 bits per heavy atom. The van der Waals surface area contributed by atoms with E-state index >= 15 is 0 Å². The molecule has 2 rings (SSSR count). The van der Waals surface area contributed by atoms with Crippen LogP contribution in [0.4, 0.5) is 0 Å². The molecular formula is C19H36O4. The van der Waals surface area contributed by atoms with Gasteiger partial charge in [-0.15, -0.1) is 0 Å². The van der Waals surface area contributed by atoms with Gasteiger partial charge in [-0.05, 0) is 11.8 Å². The van der Waals surface area contributed by atoms with Gasteiger partial charge in [-0.3, -0.25) is 0 Å². The van der Waals surface area contributed by atoms with Crippen LogP contribution < -0.4 is 0 Å². The highest BCUT2D eigenvalue weighted by Crippen LogP contribution is 2.26. The van der Waals surface area contributed by atoms with Crippen molar-refractivity contribution in [3.63, 3.8) is 0 Å². The molecule has 2 fully saturated rings. The fourth-order valence-electron chi connectivity index (χ4n) is 3.24. The summed E-state index contributed by atoms with van der Waals surface area (Å²) in [5, 5.41) is 0. The molecule has 0 spiro atoms. The fraction of sp³-hybridized carbons (Fsp3) is 1.00. The van der Waals surface area contributed by atoms with Crippen LogP contribution in [0.2, 0.25) is 0 Å². The lowest BCUT2D eigenvalue weighted by Crippen LogP contribution is -2.38. The molecule has 2 heterocycles. The van der Waals surface area contributed by atoms with E-state index in [9.17, 15) is 0 Å². The van der Waals surface area contributed by atoms with Crippen molar-refractivity contribution in [1.82, 2.24) is 0 Å². The Bertz CT molecular complexity index is 293. The van der Waals surface area contributed by atoms with Crippen molar-refractivity contribution in [2.24, 2.45) is 29.1 Å². The minimum atomic E-state index is 0.0722. The molecule has 0 saturated carbocycles. The topological polar surface area (TPSA) is 36.9 Å². The normalized spacial score (nSPS) is 22.4. The summed E-state index contributed by atoms with van der Waals surface area (Å²) in [6.45, 7) is 15.8. The van der Waals surface area contributed by atoms with Gasteiger partial charge in [0, 0.05) is 30.5 Å². The third-order valence-corrected chi connectivity index (χ3v) is 5.36. The van der Waals surface area contributed by atoms with E-state index in [2.05, 4.69) is 27.7 Å². The van der Waals surface area contributed by atoms with Crippen molar-refractivity contribution in [3.05, 3.63) is 0 Å². The van der Waals surface area contributed by atoms with Gasteiger partial charge in [-0.2, -0.15) is 0 Å². The van der Waals surface area contributed by atoms with E-state index in [0.717, 1.165) is 52.9 Å². The largest absolute Gasteiger partial charge is 0.381 e. The van der Waals surface area contributed by atoms with Gasteiger partial charge in [-0.25, -0.2) is 0 Å². The van der Waals surface area contributed by atoms with Gasteiger partial charge in [0.05, 0.1) is 39.6 Å². The van der Waals surface area contributed by atoms with Crippen molar-refractivity contribution in [2.75, 3.05) is 52.9 Å². The zero-order valence-corrected chi connectivity index (χ0v) is 15.5. The maximum atomic E-state index is 6.02. The van der Waals surface area contributed by atoms with Gasteiger partial charge in [-0.1, -0.05) is 40.5 Å². The van der Waals surface area contributed by atoms with Crippen molar-refractivity contribution in [3.8, 4) is 0 Å². The lowest BCUT2D eigenvalue weighted by molar-refractivity contribution is -0.0971. The molecular weight excluding hydrogens is 292 g/mol. The summed E-state index contributed by atoms with van der Waals surface area (Å²) in [7, 11) is 0. The Kier molecular flexibility index (Phi) is 7.80. The summed E-state index contributed by atoms with van der Waals surface area (Å²) in [6.07, 6.45) is 2.35. The minimum absolute atomic E-state index is 0.0722. The SMILES string of the molecule is CCC(COCC(C)(C)COCC(CC)C1COC1)C1COC1. The van der Waals surface area contributed by atoms with Crippen LogP contribution in [0, 0.1) is 29.1 Å². The molecule has 2 saturated heterocycles. The number of ether oxygens (including phenoxy) is 4. The Labute approximate surface area is 142 Å². The molecule has 0 aromatic heterocycles. The third-order valence-electron chi connectivity index (χ3n) is 5.36. The van der Waals surface area contributed by atoms with Crippen LogP contribution in [0.5, 0.6) is 0 Å². The molecule has 2 atom stereocenters. The summed E-state index contributed by atoms with van der Waals surface area (Å²) < 4.78 is 22.6. The molecule has 0 aliphatic carbocycles. The highest BCUT2D eigenvalue weighted by molar-refractivity contribution is 4.76. The number of hydrogen-bond donors (Lipinski definition) is 0. The maximum Gasteiger partial charge on any atom is 0.0539 e. The molecule has 2 aliphatic heterocycles. The fourth-order valence-corrected chi connectivity index (χ4v) is 3.24. The van der Waals surface area contributed by atoms with Crippen LogP contribution in [0.1, 0.15) is 40.5 Å². The Balaban J connectivity index is 1.59. The van der Waals surface area contributed by atoms with Gasteiger partial charge in [0.2, 0.25) is 0 Å². The first-order chi connectivity index (χ1) is 11.1. The van der Waals surface area contributed by atoms with Crippen LogP contribution in [0.3, 0.4) is 0 Å². The van der Waals surface area contributed by atoms with Crippen LogP contribution in [-0.2, 0) is 18.9 Å². The highest BCUT2D eigenvalue weighted by Gasteiger charge is 2.29. The zero-order chi connectivity index (χ0) is 16.7. The van der Waals surface area contributed by atoms with Gasteiger partial charge >= 0.3 is 0 Å². The number of hydrogen-bond acceptors (Lipinski definition) is 4. The van der Waals surface area contributed by atoms with E-state index in [-0.39, 0.29) is 5.41 Å². The van der Waals surface area contributed by atoms with Crippen molar-refractivity contribution < 1.29 is 18.9 Å². The number of rotatable bonds is 12. The minimum Gasteiger partial charge on any atom is -0.381 e. The maximum absolute atomic E-state index is 6.02. The molecule has 0 aromatic rings. The van der Waals surface area contributed by atoms with Crippen molar-refractivity contribution in [1.29, 1.82) is 0 Å². The molecule has 0 aromatic carbocycles. The third kappa shape index (κ3) is 6.00. The van der Waals surface area contributed by atoms with Crippen molar-refractivity contribution >= 4 is 0 Å². The second-order valence-electron chi connectivity index (χ2n) is 8.13. The van der Waals surface area contributed by atoms with E-state index < -0.39 is 0 Å². The van der Waals surface area contributed by atoms with E-state index in [1.165, 1.54) is 12.8 Å². The molecule has 4 heteroatoms. The highest BCUT2D eigenvalue weighted by atomic mass is 16.5. The summed E-state index contributed by atoms with van der Waals surface area (Å²) in [5.41, 5.74) is 0.0722. The Morgan fingerprint density at radius 1 is 0.826 bits per heavy atom. The van der Waals surface area contributed by atoms with E-state index in [1.54, 1.807) is 0 Å². The van der Waals surface area contributed by atoms with Gasteiger partial charge < -0.3 is 18.9 Å². The lowest BCUT2D eigenvalue weighted by atomic mass is 9.89. The average molecular weight is 328 g/mol. The van der Waals surface area contributed by atoms with E-state index in [1.807, 2.05) is 0 Å². The van der Waals surface area contributed by atoms with Crippen LogP contribution in [0.15, 0.2) is 0 Å². The van der Waals surface area contributed by atoms with Gasteiger partial charge in [0.25, 0.3) is 0 Å². The van der Waals surface area contributed by atoms with Crippen molar-refractivity contribution in [2.45, 2.75) is 40.5 Å². The Hall–Kier alpha value is -0.160. The van der Waals surface area contributed by atoms with Crippen LogP contribution in [-0.4, -0.2) is 52.9 Å². The summed E-state index contributed by atoms with van der Waals surface area (Å²) >= 11 is 0. The predicted molar refractivity (Wildman–Crippen MR) is 91.6 cm³/mol.